The van der Waals surface area contributed by atoms with Crippen LogP contribution in [0.15, 0.2) is 0 Å². The van der Waals surface area contributed by atoms with Crippen molar-refractivity contribution in [1.82, 2.24) is 5.32 Å². The Morgan fingerprint density at radius 1 is 1.10 bits per heavy atom. The summed E-state index contributed by atoms with van der Waals surface area (Å²) in [5.41, 5.74) is -0.270. The Morgan fingerprint density at radius 3 is 2.00 bits per heavy atom. The highest BCUT2D eigenvalue weighted by Gasteiger charge is 2.51. The van der Waals surface area contributed by atoms with Crippen LogP contribution >= 0.6 is 0 Å². The molecule has 120 valence electrons. The van der Waals surface area contributed by atoms with Gasteiger partial charge in [-0.1, -0.05) is 6.92 Å². The third-order valence-corrected chi connectivity index (χ3v) is 3.97. The third kappa shape index (κ3) is 4.42. The molecule has 20 heavy (non-hydrogen) atoms. The van der Waals surface area contributed by atoms with Gasteiger partial charge in [0.1, 0.15) is 0 Å². The first-order valence-corrected chi connectivity index (χ1v) is 7.94. The van der Waals surface area contributed by atoms with Crippen LogP contribution in [0.1, 0.15) is 54.9 Å². The first kappa shape index (κ1) is 17.9. The quantitative estimate of drug-likeness (QED) is 0.697. The van der Waals surface area contributed by atoms with Crippen LogP contribution in [0.3, 0.4) is 0 Å². The number of likely N-dealkylation sites (N-methyl/N-ethyl adjacent to an activating group) is 1. The van der Waals surface area contributed by atoms with E-state index in [0.29, 0.717) is 19.1 Å². The monoisotopic (exact) mass is 287 g/mol. The fourth-order valence-corrected chi connectivity index (χ4v) is 3.41. The molecule has 2 atom stereocenters. The summed E-state index contributed by atoms with van der Waals surface area (Å²) in [6.07, 6.45) is 0.792. The van der Waals surface area contributed by atoms with E-state index in [1.165, 1.54) is 0 Å². The molecule has 0 aromatic carbocycles. The van der Waals surface area contributed by atoms with E-state index in [0.717, 1.165) is 13.0 Å². The van der Waals surface area contributed by atoms with Crippen LogP contribution in [-0.2, 0) is 14.2 Å². The fraction of sp³-hybridized carbons (Fsp3) is 1.00. The predicted molar refractivity (Wildman–Crippen MR) is 81.9 cm³/mol. The number of rotatable bonds is 8. The van der Waals surface area contributed by atoms with Crippen LogP contribution in [-0.4, -0.2) is 43.3 Å². The highest BCUT2D eigenvalue weighted by Crippen LogP contribution is 2.44. The van der Waals surface area contributed by atoms with Crippen molar-refractivity contribution >= 4 is 0 Å². The van der Waals surface area contributed by atoms with Gasteiger partial charge in [0.25, 0.3) is 0 Å². The Hall–Kier alpha value is -0.160. The summed E-state index contributed by atoms with van der Waals surface area (Å²) in [5, 5.41) is 3.56. The van der Waals surface area contributed by atoms with Gasteiger partial charge in [-0.3, -0.25) is 0 Å². The van der Waals surface area contributed by atoms with E-state index < -0.39 is 0 Å². The minimum atomic E-state index is -0.216. The van der Waals surface area contributed by atoms with Crippen molar-refractivity contribution in [1.29, 1.82) is 0 Å². The Kier molecular flexibility index (Phi) is 6.45. The van der Waals surface area contributed by atoms with Crippen molar-refractivity contribution in [2.75, 3.05) is 19.8 Å². The van der Waals surface area contributed by atoms with Crippen molar-refractivity contribution < 1.29 is 14.2 Å². The number of hydrogen-bond acceptors (Lipinski definition) is 4. The Morgan fingerprint density at radius 2 is 1.65 bits per heavy atom. The van der Waals surface area contributed by atoms with E-state index in [4.69, 9.17) is 14.2 Å². The lowest BCUT2D eigenvalue weighted by molar-refractivity contribution is -0.172. The largest absolute Gasteiger partial charge is 0.369 e. The molecule has 1 aliphatic rings. The summed E-state index contributed by atoms with van der Waals surface area (Å²) in [5.74, 6) is 0.362. The van der Waals surface area contributed by atoms with Crippen LogP contribution < -0.4 is 5.32 Å². The van der Waals surface area contributed by atoms with Gasteiger partial charge < -0.3 is 19.5 Å². The fourth-order valence-electron chi connectivity index (χ4n) is 3.41. The average molecular weight is 287 g/mol. The summed E-state index contributed by atoms with van der Waals surface area (Å²) in [7, 11) is 0. The topological polar surface area (TPSA) is 39.7 Å². The van der Waals surface area contributed by atoms with Gasteiger partial charge in [-0.05, 0) is 54.5 Å². The van der Waals surface area contributed by atoms with Gasteiger partial charge in [-0.25, -0.2) is 0 Å². The Balaban J connectivity index is 2.93. The van der Waals surface area contributed by atoms with Crippen molar-refractivity contribution in [3.63, 3.8) is 0 Å². The van der Waals surface area contributed by atoms with E-state index in [1.54, 1.807) is 0 Å². The van der Waals surface area contributed by atoms with E-state index in [9.17, 15) is 0 Å². The van der Waals surface area contributed by atoms with Gasteiger partial charge in [0.2, 0.25) is 0 Å². The third-order valence-electron chi connectivity index (χ3n) is 3.97. The molecule has 1 aliphatic heterocycles. The molecule has 2 unspecified atom stereocenters. The molecule has 0 saturated carbocycles. The maximum atomic E-state index is 6.23. The molecule has 1 rings (SSSR count). The first-order valence-electron chi connectivity index (χ1n) is 7.94. The molecule has 0 aromatic rings. The van der Waals surface area contributed by atoms with Crippen LogP contribution in [0.4, 0.5) is 0 Å². The summed E-state index contributed by atoms with van der Waals surface area (Å²) in [4.78, 5) is 0. The van der Waals surface area contributed by atoms with Gasteiger partial charge in [0.05, 0.1) is 17.2 Å². The van der Waals surface area contributed by atoms with Crippen LogP contribution in [0, 0.1) is 5.92 Å². The van der Waals surface area contributed by atoms with Crippen LogP contribution in [0.2, 0.25) is 0 Å². The molecule has 0 aromatic heterocycles. The van der Waals surface area contributed by atoms with Crippen molar-refractivity contribution in [2.24, 2.45) is 5.92 Å². The molecular formula is C16H33NO3. The normalized spacial score (nSPS) is 26.1. The molecule has 0 spiro atoms. The predicted octanol–water partition coefficient (Wildman–Crippen LogP) is 2.96. The summed E-state index contributed by atoms with van der Waals surface area (Å²) >= 11 is 0. The highest BCUT2D eigenvalue weighted by atomic mass is 16.7. The van der Waals surface area contributed by atoms with Crippen LogP contribution in [0.25, 0.3) is 0 Å². The maximum absolute atomic E-state index is 6.23. The lowest BCUT2D eigenvalue weighted by Crippen LogP contribution is -2.52. The molecule has 1 N–H and O–H groups in total. The molecule has 0 aliphatic carbocycles. The van der Waals surface area contributed by atoms with E-state index in [2.05, 4.69) is 39.9 Å². The average Bonchev–Trinajstić information content (AvgIpc) is 2.54. The lowest BCUT2D eigenvalue weighted by Gasteiger charge is -2.37. The molecular weight excluding hydrogens is 254 g/mol. The van der Waals surface area contributed by atoms with Gasteiger partial charge in [0, 0.05) is 19.1 Å². The van der Waals surface area contributed by atoms with E-state index in [1.807, 2.05) is 13.8 Å². The van der Waals surface area contributed by atoms with Gasteiger partial charge in [-0.15, -0.1) is 0 Å². The zero-order valence-electron chi connectivity index (χ0n) is 14.3. The minimum absolute atomic E-state index is 0.0924. The molecule has 0 bridgehead atoms. The second-order valence-corrected chi connectivity index (χ2v) is 6.64. The Labute approximate surface area is 124 Å². The molecule has 4 heteroatoms. The Bertz CT molecular complexity index is 285. The summed E-state index contributed by atoms with van der Waals surface area (Å²) in [6, 6.07) is 0.150. The number of ether oxygens (including phenoxy) is 3. The molecule has 0 radical (unpaired) electrons. The van der Waals surface area contributed by atoms with Crippen molar-refractivity contribution in [3.05, 3.63) is 0 Å². The van der Waals surface area contributed by atoms with Crippen LogP contribution in [0.5, 0.6) is 0 Å². The minimum Gasteiger partial charge on any atom is -0.369 e. The molecule has 4 nitrogen and oxygen atoms in total. The first-order chi connectivity index (χ1) is 9.27. The maximum Gasteiger partial charge on any atom is 0.173 e. The number of nitrogens with one attached hydrogen (secondary N) is 1. The lowest BCUT2D eigenvalue weighted by atomic mass is 9.81. The van der Waals surface area contributed by atoms with Gasteiger partial charge >= 0.3 is 0 Å². The number of hydrogen-bond donors (Lipinski definition) is 1. The van der Waals surface area contributed by atoms with Crippen molar-refractivity contribution in [2.45, 2.75) is 78.4 Å². The smallest absolute Gasteiger partial charge is 0.173 e. The second-order valence-electron chi connectivity index (χ2n) is 6.64. The highest BCUT2D eigenvalue weighted by molar-refractivity contribution is 5.00. The standard InChI is InChI=1S/C16H33NO3/c1-8-17-13(14(18-9-2)19-10-3)12-11-15(4,5)20-16(12,6)7/h12-14,17H,8-11H2,1-7H3. The van der Waals surface area contributed by atoms with Crippen molar-refractivity contribution in [3.8, 4) is 0 Å². The molecule has 1 saturated heterocycles. The van der Waals surface area contributed by atoms with Gasteiger partial charge in [0.15, 0.2) is 6.29 Å². The molecule has 0 amide bonds. The second kappa shape index (κ2) is 7.21. The van der Waals surface area contributed by atoms with Gasteiger partial charge in [-0.2, -0.15) is 0 Å². The zero-order valence-corrected chi connectivity index (χ0v) is 14.3. The molecule has 1 fully saturated rings. The van der Waals surface area contributed by atoms with E-state index in [-0.39, 0.29) is 23.5 Å². The van der Waals surface area contributed by atoms with E-state index >= 15 is 0 Å². The SMILES string of the molecule is CCNC(C(OCC)OCC)C1CC(C)(C)OC1(C)C. The summed E-state index contributed by atoms with van der Waals surface area (Å²) in [6.45, 7) is 17.0. The zero-order chi connectivity index (χ0) is 15.4. The summed E-state index contributed by atoms with van der Waals surface area (Å²) < 4.78 is 17.9. The molecule has 1 heterocycles.